The molecule has 2 aromatic carbocycles. The molecule has 0 saturated carbocycles. The number of unbranched alkanes of at least 4 members (excludes halogenated alkanes) is 1. The van der Waals surface area contributed by atoms with E-state index in [1.165, 1.54) is 22.1 Å². The Morgan fingerprint density at radius 1 is 1.19 bits per heavy atom. The third kappa shape index (κ3) is 7.30. The number of carbonyl (C=O) groups is 1. The summed E-state index contributed by atoms with van der Waals surface area (Å²) in [5.41, 5.74) is 1.00. The van der Waals surface area contributed by atoms with Crippen LogP contribution in [0.15, 0.2) is 64.4 Å². The molecule has 0 saturated heterocycles. The first-order chi connectivity index (χ1) is 17.5. The molecule has 202 valence electrons. The molecule has 0 bridgehead atoms. The van der Waals surface area contributed by atoms with Crippen LogP contribution in [0.2, 0.25) is 0 Å². The number of sulfonamides is 1. The van der Waals surface area contributed by atoms with E-state index in [4.69, 9.17) is 9.47 Å². The molecular weight excluding hydrogens is 508 g/mol. The number of fused-ring (bicyclic) bond motifs is 1. The van der Waals surface area contributed by atoms with E-state index in [0.717, 1.165) is 29.8 Å². The molecule has 0 fully saturated rings. The summed E-state index contributed by atoms with van der Waals surface area (Å²) in [7, 11) is -2.11. The van der Waals surface area contributed by atoms with Crippen LogP contribution in [0.5, 0.6) is 5.75 Å². The van der Waals surface area contributed by atoms with Crippen molar-refractivity contribution in [2.24, 2.45) is 0 Å². The molecular formula is C28H38N2O5S2. The molecule has 2 aromatic rings. The van der Waals surface area contributed by atoms with Crippen LogP contribution in [0.1, 0.15) is 47.0 Å². The third-order valence-electron chi connectivity index (χ3n) is 6.06. The number of para-hydroxylation sites is 1. The average Bonchev–Trinajstić information content (AvgIpc) is 2.92. The van der Waals surface area contributed by atoms with Crippen molar-refractivity contribution in [2.75, 3.05) is 31.4 Å². The number of rotatable bonds is 9. The van der Waals surface area contributed by atoms with Gasteiger partial charge in [0.15, 0.2) is 0 Å². The minimum Gasteiger partial charge on any atom is -0.488 e. The van der Waals surface area contributed by atoms with Gasteiger partial charge in [-0.1, -0.05) is 38.0 Å². The summed E-state index contributed by atoms with van der Waals surface area (Å²) in [5.74, 6) is 0.000952. The van der Waals surface area contributed by atoms with E-state index in [1.807, 2.05) is 42.7 Å². The van der Waals surface area contributed by atoms with Crippen molar-refractivity contribution in [1.29, 1.82) is 0 Å². The molecule has 1 aliphatic heterocycles. The maximum atomic E-state index is 13.8. The Hall–Kier alpha value is -2.49. The summed E-state index contributed by atoms with van der Waals surface area (Å²) < 4.78 is 40.4. The van der Waals surface area contributed by atoms with Gasteiger partial charge in [0.2, 0.25) is 10.0 Å². The number of hydrogen-bond acceptors (Lipinski definition) is 7. The standard InChI is InChI=1S/C28H38N2O5S2/c1-7-8-13-22-20-30(21-14-10-9-11-15-21)23-18-25(36-6)24(19-26(23)37(32,33)29(22)5)34-17-12-16-27(31)35-28(2,3)4/h9-12,14-16,18-19,22H,7-8,13,17,20H2,1-6H3/b16-12+. The molecule has 0 aromatic heterocycles. The summed E-state index contributed by atoms with van der Waals surface area (Å²) >= 11 is 1.48. The van der Waals surface area contributed by atoms with Crippen molar-refractivity contribution in [3.63, 3.8) is 0 Å². The fourth-order valence-corrected chi connectivity index (χ4v) is 6.29. The minimum atomic E-state index is -3.78. The first kappa shape index (κ1) is 29.1. The maximum Gasteiger partial charge on any atom is 0.331 e. The second-order valence-electron chi connectivity index (χ2n) is 9.98. The monoisotopic (exact) mass is 546 g/mol. The van der Waals surface area contributed by atoms with Gasteiger partial charge in [0.25, 0.3) is 0 Å². The van der Waals surface area contributed by atoms with E-state index < -0.39 is 21.6 Å². The van der Waals surface area contributed by atoms with Crippen LogP contribution in [-0.2, 0) is 19.6 Å². The lowest BCUT2D eigenvalue weighted by atomic mass is 10.1. The summed E-state index contributed by atoms with van der Waals surface area (Å²) in [6.45, 7) is 8.18. The van der Waals surface area contributed by atoms with E-state index in [-0.39, 0.29) is 17.5 Å². The van der Waals surface area contributed by atoms with E-state index in [9.17, 15) is 13.2 Å². The summed E-state index contributed by atoms with van der Waals surface area (Å²) in [4.78, 5) is 15.1. The van der Waals surface area contributed by atoms with Gasteiger partial charge < -0.3 is 14.4 Å². The van der Waals surface area contributed by atoms with Gasteiger partial charge in [-0.05, 0) is 57.7 Å². The van der Waals surface area contributed by atoms with E-state index in [0.29, 0.717) is 18.0 Å². The Kier molecular flexibility index (Phi) is 9.72. The second kappa shape index (κ2) is 12.4. The molecule has 9 heteroatoms. The molecule has 37 heavy (non-hydrogen) atoms. The number of anilines is 2. The van der Waals surface area contributed by atoms with Crippen LogP contribution in [0, 0.1) is 0 Å². The van der Waals surface area contributed by atoms with Crippen LogP contribution in [-0.4, -0.2) is 56.8 Å². The first-order valence-electron chi connectivity index (χ1n) is 12.5. The van der Waals surface area contributed by atoms with Gasteiger partial charge in [-0.2, -0.15) is 4.31 Å². The number of carbonyl (C=O) groups excluding carboxylic acids is 1. The maximum absolute atomic E-state index is 13.8. The fraction of sp³-hybridized carbons (Fsp3) is 0.464. The molecule has 0 aliphatic carbocycles. The van der Waals surface area contributed by atoms with Crippen LogP contribution in [0.3, 0.4) is 0 Å². The molecule has 0 N–H and O–H groups in total. The van der Waals surface area contributed by atoms with Gasteiger partial charge in [0, 0.05) is 37.5 Å². The lowest BCUT2D eigenvalue weighted by Gasteiger charge is -2.29. The van der Waals surface area contributed by atoms with Crippen molar-refractivity contribution in [3.8, 4) is 5.75 Å². The van der Waals surface area contributed by atoms with E-state index in [2.05, 4.69) is 11.8 Å². The van der Waals surface area contributed by atoms with E-state index in [1.54, 1.807) is 40.0 Å². The molecule has 1 unspecified atom stereocenters. The highest BCUT2D eigenvalue weighted by Gasteiger charge is 2.37. The van der Waals surface area contributed by atoms with Crippen molar-refractivity contribution in [2.45, 2.75) is 68.4 Å². The zero-order chi connectivity index (χ0) is 27.2. The highest BCUT2D eigenvalue weighted by molar-refractivity contribution is 7.98. The zero-order valence-electron chi connectivity index (χ0n) is 22.6. The smallest absolute Gasteiger partial charge is 0.331 e. The average molecular weight is 547 g/mol. The fourth-order valence-electron chi connectivity index (χ4n) is 4.18. The molecule has 3 rings (SSSR count). The summed E-state index contributed by atoms with van der Waals surface area (Å²) in [6, 6.07) is 13.2. The van der Waals surface area contributed by atoms with E-state index >= 15 is 0 Å². The summed E-state index contributed by atoms with van der Waals surface area (Å²) in [5, 5.41) is 0. The van der Waals surface area contributed by atoms with Crippen LogP contribution >= 0.6 is 11.8 Å². The Morgan fingerprint density at radius 3 is 2.51 bits per heavy atom. The number of thioether (sulfide) groups is 1. The topological polar surface area (TPSA) is 76.1 Å². The van der Waals surface area contributed by atoms with Gasteiger partial charge in [-0.25, -0.2) is 13.2 Å². The van der Waals surface area contributed by atoms with Gasteiger partial charge in [-0.15, -0.1) is 11.8 Å². The number of likely N-dealkylation sites (N-methyl/N-ethyl adjacent to an activating group) is 1. The zero-order valence-corrected chi connectivity index (χ0v) is 24.2. The highest BCUT2D eigenvalue weighted by atomic mass is 32.2. The van der Waals surface area contributed by atoms with Crippen LogP contribution in [0.4, 0.5) is 11.4 Å². The van der Waals surface area contributed by atoms with Crippen LogP contribution in [0.25, 0.3) is 0 Å². The number of nitrogens with zero attached hydrogens (tertiary/aromatic N) is 2. The van der Waals surface area contributed by atoms with Crippen molar-refractivity contribution in [3.05, 3.63) is 54.6 Å². The van der Waals surface area contributed by atoms with Crippen LogP contribution < -0.4 is 9.64 Å². The van der Waals surface area contributed by atoms with Gasteiger partial charge in [0.05, 0.1) is 10.6 Å². The largest absolute Gasteiger partial charge is 0.488 e. The van der Waals surface area contributed by atoms with Crippen molar-refractivity contribution < 1.29 is 22.7 Å². The minimum absolute atomic E-state index is 0.100. The van der Waals surface area contributed by atoms with Gasteiger partial charge in [-0.3, -0.25) is 0 Å². The number of benzene rings is 2. The van der Waals surface area contributed by atoms with Crippen molar-refractivity contribution >= 4 is 39.1 Å². The van der Waals surface area contributed by atoms with Gasteiger partial charge >= 0.3 is 5.97 Å². The quantitative estimate of drug-likeness (QED) is 0.216. The lowest BCUT2D eigenvalue weighted by Crippen LogP contribution is -2.40. The molecule has 1 aliphatic rings. The first-order valence-corrected chi connectivity index (χ1v) is 15.2. The Morgan fingerprint density at radius 2 is 1.89 bits per heavy atom. The second-order valence-corrected chi connectivity index (χ2v) is 12.8. The lowest BCUT2D eigenvalue weighted by molar-refractivity contribution is -0.148. The molecule has 0 radical (unpaired) electrons. The predicted molar refractivity (Wildman–Crippen MR) is 150 cm³/mol. The normalized spacial score (nSPS) is 17.9. The molecule has 1 atom stereocenters. The summed E-state index contributed by atoms with van der Waals surface area (Å²) in [6.07, 6.45) is 7.54. The molecule has 7 nitrogen and oxygen atoms in total. The Bertz CT molecular complexity index is 1210. The van der Waals surface area contributed by atoms with Crippen molar-refractivity contribution in [1.82, 2.24) is 4.31 Å². The van der Waals surface area contributed by atoms with Gasteiger partial charge in [0.1, 0.15) is 22.9 Å². The number of ether oxygens (including phenoxy) is 2. The number of hydrogen-bond donors (Lipinski definition) is 0. The number of esters is 1. The highest BCUT2D eigenvalue weighted by Crippen LogP contribution is 2.43. The predicted octanol–water partition coefficient (Wildman–Crippen LogP) is 6.02. The molecule has 0 amide bonds. The Labute approximate surface area is 225 Å². The third-order valence-corrected chi connectivity index (χ3v) is 8.75. The molecule has 0 spiro atoms. The Balaban J connectivity index is 2.01. The SMILES string of the molecule is CCCCC1CN(c2ccccc2)c2cc(SC)c(OC/C=C/C(=O)OC(C)(C)C)cc2S(=O)(=O)N1C. The molecule has 1 heterocycles.